The van der Waals surface area contributed by atoms with Crippen molar-refractivity contribution in [3.63, 3.8) is 0 Å². The molecule has 112 valence electrons. The van der Waals surface area contributed by atoms with E-state index in [0.717, 1.165) is 11.3 Å². The van der Waals surface area contributed by atoms with Crippen molar-refractivity contribution in [3.8, 4) is 5.75 Å². The number of methoxy groups -OCH3 is 2. The number of thiocarbonyl (C=S) groups is 1. The van der Waals surface area contributed by atoms with Crippen molar-refractivity contribution in [2.24, 2.45) is 0 Å². The molecule has 0 aromatic heterocycles. The summed E-state index contributed by atoms with van der Waals surface area (Å²) in [4.78, 5) is 12.2. The van der Waals surface area contributed by atoms with E-state index in [0.29, 0.717) is 22.9 Å². The summed E-state index contributed by atoms with van der Waals surface area (Å²) < 4.78 is 10.3. The lowest BCUT2D eigenvalue weighted by atomic mass is 9.94. The number of hydrogen-bond acceptors (Lipinski definition) is 4. The van der Waals surface area contributed by atoms with Crippen LogP contribution in [0.2, 0.25) is 0 Å². The van der Waals surface area contributed by atoms with Gasteiger partial charge in [0.15, 0.2) is 5.11 Å². The summed E-state index contributed by atoms with van der Waals surface area (Å²) in [5.41, 5.74) is 2.13. The average molecular weight is 306 g/mol. The largest absolute Gasteiger partial charge is 0.496 e. The molecular weight excluding hydrogens is 288 g/mol. The molecule has 1 aliphatic heterocycles. The van der Waals surface area contributed by atoms with Gasteiger partial charge < -0.3 is 20.1 Å². The fourth-order valence-electron chi connectivity index (χ4n) is 2.39. The second-order valence-electron chi connectivity index (χ2n) is 4.51. The van der Waals surface area contributed by atoms with Crippen LogP contribution >= 0.6 is 12.2 Å². The van der Waals surface area contributed by atoms with Crippen LogP contribution in [0.15, 0.2) is 35.5 Å². The van der Waals surface area contributed by atoms with E-state index in [1.54, 1.807) is 7.11 Å². The van der Waals surface area contributed by atoms with Gasteiger partial charge in [-0.1, -0.05) is 25.1 Å². The lowest BCUT2D eigenvalue weighted by Gasteiger charge is -2.31. The van der Waals surface area contributed by atoms with Crippen LogP contribution in [-0.4, -0.2) is 25.3 Å². The van der Waals surface area contributed by atoms with E-state index in [4.69, 9.17) is 21.7 Å². The van der Waals surface area contributed by atoms with E-state index in [1.165, 1.54) is 7.11 Å². The molecule has 5 nitrogen and oxygen atoms in total. The molecule has 1 heterocycles. The van der Waals surface area contributed by atoms with E-state index in [-0.39, 0.29) is 5.97 Å². The molecule has 2 rings (SSSR count). The van der Waals surface area contributed by atoms with Gasteiger partial charge in [0, 0.05) is 11.3 Å². The molecule has 0 fully saturated rings. The molecule has 1 aromatic carbocycles. The Hall–Kier alpha value is -2.08. The Kier molecular flexibility index (Phi) is 4.80. The van der Waals surface area contributed by atoms with Gasteiger partial charge in [0.1, 0.15) is 5.75 Å². The lowest BCUT2D eigenvalue weighted by Crippen LogP contribution is -2.45. The number of rotatable bonds is 4. The molecule has 0 saturated carbocycles. The molecule has 0 amide bonds. The van der Waals surface area contributed by atoms with Gasteiger partial charge >= 0.3 is 5.97 Å². The SMILES string of the molecule is CCC1=C(C(=O)OC)[C@H](c2ccccc2OC)NC(=S)N1. The quantitative estimate of drug-likeness (QED) is 0.656. The standard InChI is InChI=1S/C15H18N2O3S/c1-4-10-12(14(18)20-3)13(17-15(21)16-10)9-7-5-6-8-11(9)19-2/h5-8,13H,4H2,1-3H3,(H2,16,17,21)/t13-/m0/s1. The zero-order valence-electron chi connectivity index (χ0n) is 12.2. The Bertz CT molecular complexity index is 598. The van der Waals surface area contributed by atoms with E-state index in [9.17, 15) is 4.79 Å². The van der Waals surface area contributed by atoms with E-state index in [2.05, 4.69) is 10.6 Å². The Morgan fingerprint density at radius 1 is 1.33 bits per heavy atom. The van der Waals surface area contributed by atoms with Crippen LogP contribution in [0.25, 0.3) is 0 Å². The van der Waals surface area contributed by atoms with Gasteiger partial charge in [0.05, 0.1) is 25.8 Å². The summed E-state index contributed by atoms with van der Waals surface area (Å²) in [5.74, 6) is 0.307. The molecule has 0 aliphatic carbocycles. The first kappa shape index (κ1) is 15.3. The second kappa shape index (κ2) is 6.58. The van der Waals surface area contributed by atoms with Crippen LogP contribution < -0.4 is 15.4 Å². The van der Waals surface area contributed by atoms with Crippen molar-refractivity contribution < 1.29 is 14.3 Å². The Morgan fingerprint density at radius 3 is 2.67 bits per heavy atom. The Morgan fingerprint density at radius 2 is 2.05 bits per heavy atom. The molecule has 0 unspecified atom stereocenters. The van der Waals surface area contributed by atoms with Crippen LogP contribution in [0.3, 0.4) is 0 Å². The molecule has 21 heavy (non-hydrogen) atoms. The van der Waals surface area contributed by atoms with Gasteiger partial charge in [-0.15, -0.1) is 0 Å². The molecule has 0 saturated heterocycles. The number of hydrogen-bond donors (Lipinski definition) is 2. The third-order valence-electron chi connectivity index (χ3n) is 3.36. The summed E-state index contributed by atoms with van der Waals surface area (Å²) in [6.07, 6.45) is 0.651. The monoisotopic (exact) mass is 306 g/mol. The molecule has 6 heteroatoms. The highest BCUT2D eigenvalue weighted by Crippen LogP contribution is 2.33. The first-order valence-corrected chi connectivity index (χ1v) is 7.05. The van der Waals surface area contributed by atoms with E-state index >= 15 is 0 Å². The number of carbonyl (C=O) groups excluding carboxylic acids is 1. The molecular formula is C15H18N2O3S. The van der Waals surface area contributed by atoms with Crippen molar-refractivity contribution in [3.05, 3.63) is 41.1 Å². The van der Waals surface area contributed by atoms with Crippen LogP contribution in [0.5, 0.6) is 5.75 Å². The summed E-state index contributed by atoms with van der Waals surface area (Å²) in [6, 6.07) is 7.13. The van der Waals surface area contributed by atoms with Crippen LogP contribution in [0, 0.1) is 0 Å². The maximum Gasteiger partial charge on any atom is 0.337 e. The zero-order valence-corrected chi connectivity index (χ0v) is 13.0. The number of esters is 1. The zero-order chi connectivity index (χ0) is 15.4. The van der Waals surface area contributed by atoms with Gasteiger partial charge in [-0.3, -0.25) is 0 Å². The molecule has 0 radical (unpaired) electrons. The first-order valence-electron chi connectivity index (χ1n) is 6.64. The predicted octanol–water partition coefficient (Wildman–Crippen LogP) is 2.05. The molecule has 1 aromatic rings. The number of benzene rings is 1. The fraction of sp³-hybridized carbons (Fsp3) is 0.333. The number of allylic oxidation sites excluding steroid dienone is 1. The molecule has 1 aliphatic rings. The number of carbonyl (C=O) groups is 1. The van der Waals surface area contributed by atoms with Gasteiger partial charge in [0.25, 0.3) is 0 Å². The average Bonchev–Trinajstić information content (AvgIpc) is 2.53. The highest BCUT2D eigenvalue weighted by molar-refractivity contribution is 7.80. The second-order valence-corrected chi connectivity index (χ2v) is 4.92. The number of para-hydroxylation sites is 1. The minimum atomic E-state index is -0.391. The van der Waals surface area contributed by atoms with E-state index < -0.39 is 6.04 Å². The number of ether oxygens (including phenoxy) is 2. The maximum atomic E-state index is 12.2. The van der Waals surface area contributed by atoms with Gasteiger partial charge in [-0.2, -0.15) is 0 Å². The van der Waals surface area contributed by atoms with Gasteiger partial charge in [0.2, 0.25) is 0 Å². The van der Waals surface area contributed by atoms with Gasteiger partial charge in [-0.05, 0) is 24.7 Å². The fourth-order valence-corrected chi connectivity index (χ4v) is 2.63. The van der Waals surface area contributed by atoms with Crippen molar-refractivity contribution in [1.29, 1.82) is 0 Å². The highest BCUT2D eigenvalue weighted by atomic mass is 32.1. The van der Waals surface area contributed by atoms with Crippen molar-refractivity contribution in [1.82, 2.24) is 10.6 Å². The van der Waals surface area contributed by atoms with Crippen molar-refractivity contribution in [2.45, 2.75) is 19.4 Å². The summed E-state index contributed by atoms with van der Waals surface area (Å²) in [7, 11) is 2.97. The minimum Gasteiger partial charge on any atom is -0.496 e. The first-order chi connectivity index (χ1) is 10.1. The van der Waals surface area contributed by atoms with Crippen LogP contribution in [0.1, 0.15) is 24.9 Å². The maximum absolute atomic E-state index is 12.2. The Labute approximate surface area is 129 Å². The van der Waals surface area contributed by atoms with Crippen molar-refractivity contribution >= 4 is 23.3 Å². The third-order valence-corrected chi connectivity index (χ3v) is 3.58. The third kappa shape index (κ3) is 3.00. The summed E-state index contributed by atoms with van der Waals surface area (Å²) in [6.45, 7) is 1.96. The normalized spacial score (nSPS) is 17.9. The van der Waals surface area contributed by atoms with Crippen LogP contribution in [-0.2, 0) is 9.53 Å². The number of nitrogens with one attached hydrogen (secondary N) is 2. The minimum absolute atomic E-state index is 0.384. The summed E-state index contributed by atoms with van der Waals surface area (Å²) in [5, 5.41) is 6.63. The predicted molar refractivity (Wildman–Crippen MR) is 83.9 cm³/mol. The molecule has 2 N–H and O–H groups in total. The topological polar surface area (TPSA) is 59.6 Å². The highest BCUT2D eigenvalue weighted by Gasteiger charge is 2.32. The van der Waals surface area contributed by atoms with Crippen LogP contribution in [0.4, 0.5) is 0 Å². The van der Waals surface area contributed by atoms with Gasteiger partial charge in [-0.25, -0.2) is 4.79 Å². The molecule has 0 spiro atoms. The lowest BCUT2D eigenvalue weighted by molar-refractivity contribution is -0.136. The Balaban J connectivity index is 2.57. The summed E-state index contributed by atoms with van der Waals surface area (Å²) >= 11 is 5.23. The smallest absolute Gasteiger partial charge is 0.337 e. The van der Waals surface area contributed by atoms with E-state index in [1.807, 2.05) is 31.2 Å². The van der Waals surface area contributed by atoms with Crippen molar-refractivity contribution in [2.75, 3.05) is 14.2 Å². The molecule has 0 bridgehead atoms. The molecule has 1 atom stereocenters.